The Labute approximate surface area is 196 Å². The minimum atomic E-state index is 0. The molecule has 2 heterocycles. The number of amides is 1. The van der Waals surface area contributed by atoms with Crippen molar-refractivity contribution in [2.45, 2.75) is 52.6 Å². The molecule has 1 amide bonds. The molecule has 1 aromatic heterocycles. The number of aliphatic imine (C=N–C) groups is 1. The SMILES string of the molecule is CCNC(=NCCCC(=O)N1CCc2ccccc2C1)NC(C)c1ccc(C)o1.I. The van der Waals surface area contributed by atoms with Gasteiger partial charge in [0, 0.05) is 32.6 Å². The summed E-state index contributed by atoms with van der Waals surface area (Å²) in [5.41, 5.74) is 2.63. The van der Waals surface area contributed by atoms with E-state index in [1.54, 1.807) is 0 Å². The highest BCUT2D eigenvalue weighted by atomic mass is 127. The van der Waals surface area contributed by atoms with Crippen molar-refractivity contribution >= 4 is 35.8 Å². The summed E-state index contributed by atoms with van der Waals surface area (Å²) in [6, 6.07) is 12.4. The second-order valence-corrected chi connectivity index (χ2v) is 7.51. The van der Waals surface area contributed by atoms with Gasteiger partial charge in [0.05, 0.1) is 6.04 Å². The van der Waals surface area contributed by atoms with E-state index >= 15 is 0 Å². The van der Waals surface area contributed by atoms with E-state index in [1.807, 2.05) is 43.9 Å². The normalized spacial score (nSPS) is 14.5. The van der Waals surface area contributed by atoms with Crippen molar-refractivity contribution < 1.29 is 9.21 Å². The van der Waals surface area contributed by atoms with Gasteiger partial charge in [-0.25, -0.2) is 0 Å². The van der Waals surface area contributed by atoms with Crippen LogP contribution in [-0.2, 0) is 17.8 Å². The average Bonchev–Trinajstić information content (AvgIpc) is 3.17. The summed E-state index contributed by atoms with van der Waals surface area (Å²) >= 11 is 0. The molecule has 0 saturated heterocycles. The molecule has 1 unspecified atom stereocenters. The van der Waals surface area contributed by atoms with Crippen LogP contribution >= 0.6 is 24.0 Å². The maximum Gasteiger partial charge on any atom is 0.222 e. The van der Waals surface area contributed by atoms with Crippen LogP contribution in [0.5, 0.6) is 0 Å². The molecule has 0 saturated carbocycles. The lowest BCUT2D eigenvalue weighted by Gasteiger charge is -2.28. The van der Waals surface area contributed by atoms with Crippen LogP contribution in [0.1, 0.15) is 55.4 Å². The van der Waals surface area contributed by atoms with Gasteiger partial charge in [-0.2, -0.15) is 0 Å². The number of hydrogen-bond acceptors (Lipinski definition) is 3. The standard InChI is InChI=1S/C23H32N4O2.HI/c1-4-24-23(26-18(3)21-12-11-17(2)29-21)25-14-7-10-22(28)27-15-13-19-8-5-6-9-20(19)16-27;/h5-6,8-9,11-12,18H,4,7,10,13-16H2,1-3H3,(H2,24,25,26);1H. The predicted molar refractivity (Wildman–Crippen MR) is 131 cm³/mol. The Morgan fingerprint density at radius 1 is 1.23 bits per heavy atom. The molecule has 1 aliphatic heterocycles. The van der Waals surface area contributed by atoms with Crippen LogP contribution in [0.15, 0.2) is 45.8 Å². The quantitative estimate of drug-likeness (QED) is 0.247. The van der Waals surface area contributed by atoms with Gasteiger partial charge < -0.3 is 20.0 Å². The third kappa shape index (κ3) is 6.75. The topological polar surface area (TPSA) is 69.9 Å². The first kappa shape index (κ1) is 24.2. The average molecular weight is 524 g/mol. The lowest BCUT2D eigenvalue weighted by molar-refractivity contribution is -0.132. The van der Waals surface area contributed by atoms with Crippen molar-refractivity contribution in [1.82, 2.24) is 15.5 Å². The number of halogens is 1. The Morgan fingerprint density at radius 2 is 2.00 bits per heavy atom. The van der Waals surface area contributed by atoms with Crippen molar-refractivity contribution in [1.29, 1.82) is 0 Å². The molecule has 30 heavy (non-hydrogen) atoms. The van der Waals surface area contributed by atoms with Gasteiger partial charge in [-0.15, -0.1) is 24.0 Å². The summed E-state index contributed by atoms with van der Waals surface area (Å²) in [7, 11) is 0. The first-order valence-corrected chi connectivity index (χ1v) is 10.5. The summed E-state index contributed by atoms with van der Waals surface area (Å²) in [4.78, 5) is 19.2. The number of nitrogens with one attached hydrogen (secondary N) is 2. The smallest absolute Gasteiger partial charge is 0.222 e. The highest BCUT2D eigenvalue weighted by molar-refractivity contribution is 14.0. The summed E-state index contributed by atoms with van der Waals surface area (Å²) < 4.78 is 5.68. The van der Waals surface area contributed by atoms with Crippen molar-refractivity contribution in [3.63, 3.8) is 0 Å². The molecule has 2 aromatic rings. The minimum absolute atomic E-state index is 0. The lowest BCUT2D eigenvalue weighted by atomic mass is 9.99. The molecule has 1 atom stereocenters. The minimum Gasteiger partial charge on any atom is -0.464 e. The predicted octanol–water partition coefficient (Wildman–Crippen LogP) is 4.19. The molecular weight excluding hydrogens is 491 g/mol. The fraction of sp³-hybridized carbons (Fsp3) is 0.478. The van der Waals surface area contributed by atoms with E-state index in [4.69, 9.17) is 4.42 Å². The summed E-state index contributed by atoms with van der Waals surface area (Å²) in [5.74, 6) is 2.74. The number of aryl methyl sites for hydroxylation is 1. The third-order valence-corrected chi connectivity index (χ3v) is 5.19. The van der Waals surface area contributed by atoms with Crippen LogP contribution in [0, 0.1) is 6.92 Å². The molecule has 0 spiro atoms. The van der Waals surface area contributed by atoms with Crippen molar-refractivity contribution in [2.24, 2.45) is 4.99 Å². The molecular formula is C23H33IN4O2. The fourth-order valence-electron chi connectivity index (χ4n) is 3.57. The van der Waals surface area contributed by atoms with Crippen molar-refractivity contribution in [3.05, 3.63) is 59.0 Å². The van der Waals surface area contributed by atoms with Crippen molar-refractivity contribution in [3.8, 4) is 0 Å². The second kappa shape index (κ2) is 12.0. The molecule has 0 radical (unpaired) electrons. The third-order valence-electron chi connectivity index (χ3n) is 5.19. The number of rotatable bonds is 7. The van der Waals surface area contributed by atoms with E-state index in [0.29, 0.717) is 13.0 Å². The van der Waals surface area contributed by atoms with Gasteiger partial charge in [-0.05, 0) is 56.9 Å². The van der Waals surface area contributed by atoms with Crippen LogP contribution in [-0.4, -0.2) is 36.4 Å². The number of nitrogens with zero attached hydrogens (tertiary/aromatic N) is 2. The van der Waals surface area contributed by atoms with Gasteiger partial charge in [-0.1, -0.05) is 24.3 Å². The van der Waals surface area contributed by atoms with E-state index in [0.717, 1.165) is 50.0 Å². The lowest BCUT2D eigenvalue weighted by Crippen LogP contribution is -2.38. The Kier molecular flexibility index (Phi) is 9.68. The Morgan fingerprint density at radius 3 is 2.70 bits per heavy atom. The first-order chi connectivity index (χ1) is 14.1. The highest BCUT2D eigenvalue weighted by Crippen LogP contribution is 2.19. The van der Waals surface area contributed by atoms with E-state index in [-0.39, 0.29) is 35.9 Å². The Bertz CT molecular complexity index is 849. The molecule has 1 aromatic carbocycles. The van der Waals surface area contributed by atoms with E-state index < -0.39 is 0 Å². The number of fused-ring (bicyclic) bond motifs is 1. The molecule has 0 aliphatic carbocycles. The highest BCUT2D eigenvalue weighted by Gasteiger charge is 2.19. The number of carbonyl (C=O) groups is 1. The van der Waals surface area contributed by atoms with Crippen LogP contribution in [0.25, 0.3) is 0 Å². The molecule has 0 fully saturated rings. The molecule has 2 N–H and O–H groups in total. The number of benzene rings is 1. The van der Waals surface area contributed by atoms with Gasteiger partial charge in [0.2, 0.25) is 5.91 Å². The molecule has 1 aliphatic rings. The molecule has 3 rings (SSSR count). The van der Waals surface area contributed by atoms with E-state index in [1.165, 1.54) is 11.1 Å². The number of guanidine groups is 1. The second-order valence-electron chi connectivity index (χ2n) is 7.51. The summed E-state index contributed by atoms with van der Waals surface area (Å²) in [6.07, 6.45) is 2.21. The monoisotopic (exact) mass is 524 g/mol. The van der Waals surface area contributed by atoms with Crippen LogP contribution < -0.4 is 10.6 Å². The van der Waals surface area contributed by atoms with Crippen molar-refractivity contribution in [2.75, 3.05) is 19.6 Å². The summed E-state index contributed by atoms with van der Waals surface area (Å²) in [5, 5.41) is 6.61. The van der Waals surface area contributed by atoms with Gasteiger partial charge in [-0.3, -0.25) is 9.79 Å². The van der Waals surface area contributed by atoms with Crippen LogP contribution in [0.2, 0.25) is 0 Å². The molecule has 6 nitrogen and oxygen atoms in total. The van der Waals surface area contributed by atoms with Crippen LogP contribution in [0.3, 0.4) is 0 Å². The van der Waals surface area contributed by atoms with Gasteiger partial charge in [0.1, 0.15) is 11.5 Å². The largest absolute Gasteiger partial charge is 0.464 e. The Hall–Kier alpha value is -2.03. The number of carbonyl (C=O) groups excluding carboxylic acids is 1. The number of furan rings is 1. The molecule has 7 heteroatoms. The van der Waals surface area contributed by atoms with E-state index in [9.17, 15) is 4.79 Å². The zero-order chi connectivity index (χ0) is 20.6. The fourth-order valence-corrected chi connectivity index (χ4v) is 3.57. The Balaban J connectivity index is 0.00000320. The summed E-state index contributed by atoms with van der Waals surface area (Å²) in [6.45, 7) is 8.94. The molecule has 164 valence electrons. The molecule has 0 bridgehead atoms. The van der Waals surface area contributed by atoms with Gasteiger partial charge >= 0.3 is 0 Å². The number of hydrogen-bond donors (Lipinski definition) is 2. The van der Waals surface area contributed by atoms with Crippen LogP contribution in [0.4, 0.5) is 0 Å². The maximum absolute atomic E-state index is 12.6. The zero-order valence-corrected chi connectivity index (χ0v) is 20.4. The maximum atomic E-state index is 12.6. The van der Waals surface area contributed by atoms with Gasteiger partial charge in [0.15, 0.2) is 5.96 Å². The first-order valence-electron chi connectivity index (χ1n) is 10.5. The van der Waals surface area contributed by atoms with Gasteiger partial charge in [0.25, 0.3) is 0 Å². The van der Waals surface area contributed by atoms with E-state index in [2.05, 4.69) is 33.8 Å². The zero-order valence-electron chi connectivity index (χ0n) is 18.1.